The molecule has 0 heterocycles. The van der Waals surface area contributed by atoms with Crippen LogP contribution in [0, 0.1) is 19.8 Å². The van der Waals surface area contributed by atoms with Gasteiger partial charge < -0.3 is 15.5 Å². The molecule has 17 heavy (non-hydrogen) atoms. The second-order valence-corrected chi connectivity index (χ2v) is 3.95. The fourth-order valence-corrected chi connectivity index (χ4v) is 1.32. The van der Waals surface area contributed by atoms with Gasteiger partial charge >= 0.3 is 5.97 Å². The number of carbonyl (C=O) groups is 2. The van der Waals surface area contributed by atoms with Crippen LogP contribution in [0.5, 0.6) is 5.75 Å². The molecule has 0 aliphatic carbocycles. The summed E-state index contributed by atoms with van der Waals surface area (Å²) >= 11 is 0. The SMILES string of the molecule is Cc1ccc(NC(=O)C(C)C(=O)O)c(C)c1O. The zero-order valence-corrected chi connectivity index (χ0v) is 9.94. The third-order valence-corrected chi connectivity index (χ3v) is 2.65. The molecule has 0 radical (unpaired) electrons. The fourth-order valence-electron chi connectivity index (χ4n) is 1.32. The number of phenols is 1. The van der Waals surface area contributed by atoms with Crippen LogP contribution >= 0.6 is 0 Å². The van der Waals surface area contributed by atoms with E-state index in [0.29, 0.717) is 16.8 Å². The van der Waals surface area contributed by atoms with E-state index in [9.17, 15) is 14.7 Å². The third kappa shape index (κ3) is 2.75. The van der Waals surface area contributed by atoms with E-state index < -0.39 is 17.8 Å². The minimum Gasteiger partial charge on any atom is -0.507 e. The Labute approximate surface area is 99.1 Å². The molecule has 1 unspecified atom stereocenters. The second kappa shape index (κ2) is 4.86. The smallest absolute Gasteiger partial charge is 0.315 e. The molecule has 1 aromatic carbocycles. The Kier molecular flexibility index (Phi) is 3.73. The summed E-state index contributed by atoms with van der Waals surface area (Å²) in [6.45, 7) is 4.71. The summed E-state index contributed by atoms with van der Waals surface area (Å²) in [5.74, 6) is -2.82. The van der Waals surface area contributed by atoms with Gasteiger partial charge in [0, 0.05) is 11.3 Å². The van der Waals surface area contributed by atoms with Crippen molar-refractivity contribution in [3.63, 3.8) is 0 Å². The number of hydrogen-bond donors (Lipinski definition) is 3. The average Bonchev–Trinajstić information content (AvgIpc) is 2.28. The number of carboxylic acid groups (broad SMARTS) is 1. The Bertz CT molecular complexity index is 468. The lowest BCUT2D eigenvalue weighted by atomic mass is 10.1. The topological polar surface area (TPSA) is 86.6 Å². The van der Waals surface area contributed by atoms with Gasteiger partial charge in [0.25, 0.3) is 0 Å². The number of amides is 1. The summed E-state index contributed by atoms with van der Waals surface area (Å²) in [7, 11) is 0. The summed E-state index contributed by atoms with van der Waals surface area (Å²) in [6.07, 6.45) is 0. The van der Waals surface area contributed by atoms with Gasteiger partial charge in [-0.2, -0.15) is 0 Å². The maximum atomic E-state index is 11.5. The summed E-state index contributed by atoms with van der Waals surface area (Å²) in [5, 5.41) is 20.8. The summed E-state index contributed by atoms with van der Waals surface area (Å²) < 4.78 is 0. The van der Waals surface area contributed by atoms with Crippen molar-refractivity contribution in [2.75, 3.05) is 5.32 Å². The van der Waals surface area contributed by atoms with E-state index in [4.69, 9.17) is 5.11 Å². The number of hydrogen-bond acceptors (Lipinski definition) is 3. The first-order chi connectivity index (χ1) is 7.84. The minimum atomic E-state index is -1.18. The molecule has 3 N–H and O–H groups in total. The Morgan fingerprint density at radius 3 is 2.41 bits per heavy atom. The summed E-state index contributed by atoms with van der Waals surface area (Å²) in [4.78, 5) is 22.2. The molecule has 1 aromatic rings. The molecular formula is C12H15NO4. The molecule has 92 valence electrons. The standard InChI is InChI=1S/C12H15NO4/c1-6-4-5-9(7(2)10(6)14)13-11(15)8(3)12(16)17/h4-5,8,14H,1-3H3,(H,13,15)(H,16,17). The second-order valence-electron chi connectivity index (χ2n) is 3.95. The van der Waals surface area contributed by atoms with Crippen LogP contribution < -0.4 is 5.32 Å². The van der Waals surface area contributed by atoms with Crippen molar-refractivity contribution < 1.29 is 19.8 Å². The molecule has 5 nitrogen and oxygen atoms in total. The Morgan fingerprint density at radius 1 is 1.29 bits per heavy atom. The van der Waals surface area contributed by atoms with E-state index in [1.807, 2.05) is 0 Å². The van der Waals surface area contributed by atoms with Crippen molar-refractivity contribution in [2.24, 2.45) is 5.92 Å². The lowest BCUT2D eigenvalue weighted by molar-refractivity contribution is -0.144. The number of phenolic OH excluding ortho intramolecular Hbond substituents is 1. The molecule has 0 aromatic heterocycles. The molecule has 0 spiro atoms. The Balaban J connectivity index is 2.94. The highest BCUT2D eigenvalue weighted by molar-refractivity contribution is 6.04. The van der Waals surface area contributed by atoms with E-state index in [1.54, 1.807) is 26.0 Å². The Morgan fingerprint density at radius 2 is 1.88 bits per heavy atom. The van der Waals surface area contributed by atoms with E-state index in [1.165, 1.54) is 6.92 Å². The van der Waals surface area contributed by atoms with Crippen molar-refractivity contribution in [1.29, 1.82) is 0 Å². The van der Waals surface area contributed by atoms with Gasteiger partial charge in [0.1, 0.15) is 11.7 Å². The highest BCUT2D eigenvalue weighted by Gasteiger charge is 2.21. The van der Waals surface area contributed by atoms with Gasteiger partial charge in [-0.1, -0.05) is 6.07 Å². The number of rotatable bonds is 3. The van der Waals surface area contributed by atoms with Crippen LogP contribution in [0.4, 0.5) is 5.69 Å². The van der Waals surface area contributed by atoms with Crippen LogP contribution in [0.1, 0.15) is 18.1 Å². The molecule has 1 amide bonds. The van der Waals surface area contributed by atoms with E-state index in [2.05, 4.69) is 5.32 Å². The van der Waals surface area contributed by atoms with Crippen LogP contribution in [-0.4, -0.2) is 22.1 Å². The van der Waals surface area contributed by atoms with Crippen LogP contribution in [0.15, 0.2) is 12.1 Å². The number of nitrogens with one attached hydrogen (secondary N) is 1. The fraction of sp³-hybridized carbons (Fsp3) is 0.333. The third-order valence-electron chi connectivity index (χ3n) is 2.65. The van der Waals surface area contributed by atoms with Crippen molar-refractivity contribution in [1.82, 2.24) is 0 Å². The van der Waals surface area contributed by atoms with Gasteiger partial charge in [-0.3, -0.25) is 9.59 Å². The molecule has 1 rings (SSSR count). The summed E-state index contributed by atoms with van der Waals surface area (Å²) in [6, 6.07) is 3.29. The lowest BCUT2D eigenvalue weighted by Gasteiger charge is -2.12. The number of aliphatic carboxylic acids is 1. The monoisotopic (exact) mass is 237 g/mol. The first-order valence-corrected chi connectivity index (χ1v) is 5.17. The van der Waals surface area contributed by atoms with Crippen LogP contribution in [-0.2, 0) is 9.59 Å². The van der Waals surface area contributed by atoms with Crippen LogP contribution in [0.25, 0.3) is 0 Å². The minimum absolute atomic E-state index is 0.103. The predicted octanol–water partition coefficient (Wildman–Crippen LogP) is 1.67. The number of benzene rings is 1. The zero-order chi connectivity index (χ0) is 13.2. The normalized spacial score (nSPS) is 11.9. The zero-order valence-electron chi connectivity index (χ0n) is 9.94. The van der Waals surface area contributed by atoms with Crippen molar-refractivity contribution in [3.8, 4) is 5.75 Å². The molecule has 0 saturated carbocycles. The van der Waals surface area contributed by atoms with Gasteiger partial charge in [-0.05, 0) is 32.4 Å². The lowest BCUT2D eigenvalue weighted by Crippen LogP contribution is -2.27. The predicted molar refractivity (Wildman–Crippen MR) is 63.0 cm³/mol. The molecule has 0 bridgehead atoms. The first kappa shape index (κ1) is 13.0. The van der Waals surface area contributed by atoms with Gasteiger partial charge in [-0.25, -0.2) is 0 Å². The highest BCUT2D eigenvalue weighted by atomic mass is 16.4. The molecule has 1 atom stereocenters. The van der Waals surface area contributed by atoms with E-state index in [0.717, 1.165) is 0 Å². The van der Waals surface area contributed by atoms with Crippen LogP contribution in [0.2, 0.25) is 0 Å². The van der Waals surface area contributed by atoms with Gasteiger partial charge in [0.2, 0.25) is 5.91 Å². The summed E-state index contributed by atoms with van der Waals surface area (Å²) in [5.41, 5.74) is 1.65. The first-order valence-electron chi connectivity index (χ1n) is 5.17. The maximum absolute atomic E-state index is 11.5. The van der Waals surface area contributed by atoms with Crippen LogP contribution in [0.3, 0.4) is 0 Å². The average molecular weight is 237 g/mol. The Hall–Kier alpha value is -2.04. The molecule has 5 heteroatoms. The van der Waals surface area contributed by atoms with Gasteiger partial charge in [-0.15, -0.1) is 0 Å². The number of anilines is 1. The molecule has 0 aliphatic heterocycles. The van der Waals surface area contributed by atoms with Crippen molar-refractivity contribution >= 4 is 17.6 Å². The molecular weight excluding hydrogens is 222 g/mol. The van der Waals surface area contributed by atoms with Crippen molar-refractivity contribution in [2.45, 2.75) is 20.8 Å². The van der Waals surface area contributed by atoms with Gasteiger partial charge in [0.15, 0.2) is 0 Å². The largest absolute Gasteiger partial charge is 0.507 e. The number of aromatic hydroxyl groups is 1. The van der Waals surface area contributed by atoms with Gasteiger partial charge in [0.05, 0.1) is 0 Å². The maximum Gasteiger partial charge on any atom is 0.315 e. The molecule has 0 aliphatic rings. The highest BCUT2D eigenvalue weighted by Crippen LogP contribution is 2.28. The number of carboxylic acids is 1. The van der Waals surface area contributed by atoms with E-state index in [-0.39, 0.29) is 5.75 Å². The number of aryl methyl sites for hydroxylation is 1. The quantitative estimate of drug-likeness (QED) is 0.698. The molecule has 0 saturated heterocycles. The van der Waals surface area contributed by atoms with E-state index >= 15 is 0 Å². The number of carbonyl (C=O) groups excluding carboxylic acids is 1. The van der Waals surface area contributed by atoms with Crippen molar-refractivity contribution in [3.05, 3.63) is 23.3 Å². The molecule has 0 fully saturated rings.